The Morgan fingerprint density at radius 1 is 1.50 bits per heavy atom. The number of thiocarbonyl (C=S) groups is 1. The van der Waals surface area contributed by atoms with Crippen molar-refractivity contribution in [3.8, 4) is 6.07 Å². The van der Waals surface area contributed by atoms with Crippen LogP contribution in [0.15, 0.2) is 29.3 Å². The predicted octanol–water partition coefficient (Wildman–Crippen LogP) is 2.53. The maximum Gasteiger partial charge on any atom is 0.258 e. The summed E-state index contributed by atoms with van der Waals surface area (Å²) in [5.41, 5.74) is 0.709. The third-order valence-electron chi connectivity index (χ3n) is 1.44. The molecule has 1 amide bonds. The molecule has 16 heavy (non-hydrogen) atoms. The number of hydrogen-bond acceptors (Lipinski definition) is 3. The molecule has 0 aliphatic heterocycles. The van der Waals surface area contributed by atoms with E-state index >= 15 is 0 Å². The van der Waals surface area contributed by atoms with Gasteiger partial charge in [0.25, 0.3) is 5.91 Å². The third kappa shape index (κ3) is 6.55. The summed E-state index contributed by atoms with van der Waals surface area (Å²) in [7, 11) is 0. The lowest BCUT2D eigenvalue weighted by Crippen LogP contribution is -1.97. The second kappa shape index (κ2) is 8.42. The first kappa shape index (κ1) is 14.1. The highest BCUT2D eigenvalue weighted by Gasteiger charge is 2.00. The van der Waals surface area contributed by atoms with Crippen LogP contribution in [0.4, 0.5) is 4.39 Å². The monoisotopic (exact) mass is 236 g/mol. The molecule has 0 heterocycles. The van der Waals surface area contributed by atoms with E-state index in [4.69, 9.17) is 5.26 Å². The topological polar surface area (TPSA) is 53.2 Å². The van der Waals surface area contributed by atoms with E-state index in [-0.39, 0.29) is 18.1 Å². The number of amides is 1. The van der Waals surface area contributed by atoms with E-state index in [0.717, 1.165) is 0 Å². The predicted molar refractivity (Wildman–Crippen MR) is 61.4 cm³/mol. The van der Waals surface area contributed by atoms with Crippen LogP contribution in [0.25, 0.3) is 0 Å². The van der Waals surface area contributed by atoms with Gasteiger partial charge in [0.05, 0.1) is 17.7 Å². The standard InChI is InChI=1S/C9H6FNOS.C2H3N/c10-8-3-1-7(2-4-8)5-9(12)11-6-13;1-2-3/h1-4H,5H2;1H3. The maximum atomic E-state index is 12.4. The summed E-state index contributed by atoms with van der Waals surface area (Å²) in [5.74, 6) is -0.698. The number of nitriles is 1. The average Bonchev–Trinajstić information content (AvgIpc) is 2.23. The minimum absolute atomic E-state index is 0.129. The van der Waals surface area contributed by atoms with E-state index in [2.05, 4.69) is 17.2 Å². The molecule has 1 aromatic carbocycles. The zero-order chi connectivity index (χ0) is 12.4. The molecular weight excluding hydrogens is 227 g/mol. The first-order valence-electron chi connectivity index (χ1n) is 4.30. The fourth-order valence-electron chi connectivity index (χ4n) is 0.867. The van der Waals surface area contributed by atoms with Gasteiger partial charge in [-0.3, -0.25) is 4.79 Å². The molecule has 0 atom stereocenters. The summed E-state index contributed by atoms with van der Waals surface area (Å²) in [5, 5.41) is 9.30. The Hall–Kier alpha value is -1.89. The molecule has 0 bridgehead atoms. The number of rotatable bonds is 2. The molecule has 82 valence electrons. The molecule has 0 aromatic heterocycles. The third-order valence-corrected chi connectivity index (χ3v) is 1.53. The highest BCUT2D eigenvalue weighted by molar-refractivity contribution is 7.78. The molecule has 1 aromatic rings. The van der Waals surface area contributed by atoms with Crippen LogP contribution >= 0.6 is 12.2 Å². The van der Waals surface area contributed by atoms with Crippen LogP contribution in [0.2, 0.25) is 0 Å². The summed E-state index contributed by atoms with van der Waals surface area (Å²) in [6.07, 6.45) is 0.129. The van der Waals surface area contributed by atoms with Crippen molar-refractivity contribution in [3.05, 3.63) is 35.6 Å². The van der Waals surface area contributed by atoms with Crippen molar-refractivity contribution >= 4 is 23.3 Å². The second-order valence-electron chi connectivity index (χ2n) is 2.62. The lowest BCUT2D eigenvalue weighted by molar-refractivity contribution is -0.117. The summed E-state index contributed by atoms with van der Waals surface area (Å²) < 4.78 is 12.4. The van der Waals surface area contributed by atoms with Crippen LogP contribution in [0.1, 0.15) is 12.5 Å². The van der Waals surface area contributed by atoms with E-state index in [1.807, 2.05) is 5.16 Å². The molecule has 0 radical (unpaired) electrons. The van der Waals surface area contributed by atoms with Crippen molar-refractivity contribution in [1.29, 1.82) is 5.26 Å². The minimum atomic E-state index is -0.374. The molecule has 0 aliphatic rings. The van der Waals surface area contributed by atoms with Gasteiger partial charge >= 0.3 is 0 Å². The van der Waals surface area contributed by atoms with Crippen molar-refractivity contribution in [2.45, 2.75) is 13.3 Å². The summed E-state index contributed by atoms with van der Waals surface area (Å²) in [4.78, 5) is 14.2. The highest BCUT2D eigenvalue weighted by Crippen LogP contribution is 2.03. The van der Waals surface area contributed by atoms with E-state index in [1.165, 1.54) is 31.2 Å². The van der Waals surface area contributed by atoms with Gasteiger partial charge in [0.1, 0.15) is 5.82 Å². The van der Waals surface area contributed by atoms with Crippen LogP contribution < -0.4 is 0 Å². The minimum Gasteiger partial charge on any atom is -0.271 e. The van der Waals surface area contributed by atoms with Crippen LogP contribution in [0.5, 0.6) is 0 Å². The first-order chi connectivity index (χ1) is 7.63. The Kier molecular flexibility index (Phi) is 7.43. The molecule has 0 fully saturated rings. The Morgan fingerprint density at radius 3 is 2.44 bits per heavy atom. The van der Waals surface area contributed by atoms with Gasteiger partial charge in [-0.25, -0.2) is 4.39 Å². The summed E-state index contributed by atoms with van der Waals surface area (Å²) >= 11 is 4.27. The van der Waals surface area contributed by atoms with Crippen LogP contribution in [0.3, 0.4) is 0 Å². The lowest BCUT2D eigenvalue weighted by Gasteiger charge is -1.95. The van der Waals surface area contributed by atoms with Gasteiger partial charge in [0.15, 0.2) is 0 Å². The summed E-state index contributed by atoms with van der Waals surface area (Å²) in [6, 6.07) is 7.41. The Bertz CT molecular complexity index is 430. The van der Waals surface area contributed by atoms with E-state index in [9.17, 15) is 9.18 Å². The molecule has 0 spiro atoms. The van der Waals surface area contributed by atoms with Crippen molar-refractivity contribution in [2.24, 2.45) is 4.99 Å². The number of carbonyl (C=O) groups is 1. The van der Waals surface area contributed by atoms with Gasteiger partial charge in [-0.1, -0.05) is 12.1 Å². The number of nitrogens with zero attached hydrogens (tertiary/aromatic N) is 2. The van der Waals surface area contributed by atoms with E-state index < -0.39 is 0 Å². The van der Waals surface area contributed by atoms with Crippen molar-refractivity contribution in [3.63, 3.8) is 0 Å². The lowest BCUT2D eigenvalue weighted by atomic mass is 10.1. The molecule has 3 nitrogen and oxygen atoms in total. The zero-order valence-electron chi connectivity index (χ0n) is 8.61. The normalized spacial score (nSPS) is 7.81. The second-order valence-corrected chi connectivity index (χ2v) is 2.81. The van der Waals surface area contributed by atoms with Gasteiger partial charge in [0.2, 0.25) is 0 Å². The van der Waals surface area contributed by atoms with Crippen LogP contribution in [-0.4, -0.2) is 11.1 Å². The summed E-state index contributed by atoms with van der Waals surface area (Å²) in [6.45, 7) is 1.43. The van der Waals surface area contributed by atoms with Gasteiger partial charge in [-0.2, -0.15) is 10.3 Å². The van der Waals surface area contributed by atoms with Crippen LogP contribution in [0, 0.1) is 17.1 Å². The Morgan fingerprint density at radius 2 is 2.00 bits per heavy atom. The fraction of sp³-hybridized carbons (Fsp3) is 0.182. The maximum absolute atomic E-state index is 12.4. The Balaban J connectivity index is 0.000000673. The van der Waals surface area contributed by atoms with E-state index in [1.54, 1.807) is 6.07 Å². The number of isothiocyanates is 1. The Labute approximate surface area is 98.2 Å². The number of benzene rings is 1. The molecule has 5 heteroatoms. The molecule has 0 N–H and O–H groups in total. The molecule has 0 aliphatic carbocycles. The van der Waals surface area contributed by atoms with Crippen LogP contribution in [-0.2, 0) is 11.2 Å². The molecule has 0 saturated carbocycles. The van der Waals surface area contributed by atoms with Crippen molar-refractivity contribution in [1.82, 2.24) is 0 Å². The molecular formula is C11H9FN2OS. The molecule has 1 rings (SSSR count). The SMILES string of the molecule is CC#N.O=C(Cc1ccc(F)cc1)N=C=S. The fourth-order valence-corrected chi connectivity index (χ4v) is 0.969. The van der Waals surface area contributed by atoms with Gasteiger partial charge in [-0.05, 0) is 29.9 Å². The van der Waals surface area contributed by atoms with E-state index in [0.29, 0.717) is 5.56 Å². The van der Waals surface area contributed by atoms with Gasteiger partial charge in [0, 0.05) is 6.92 Å². The van der Waals surface area contributed by atoms with Gasteiger partial charge < -0.3 is 0 Å². The number of hydrogen-bond donors (Lipinski definition) is 0. The first-order valence-corrected chi connectivity index (χ1v) is 4.70. The smallest absolute Gasteiger partial charge is 0.258 e. The highest BCUT2D eigenvalue weighted by atomic mass is 32.1. The van der Waals surface area contributed by atoms with Gasteiger partial charge in [-0.15, -0.1) is 0 Å². The number of aliphatic imine (C=N–C) groups is 1. The number of carbonyl (C=O) groups excluding carboxylic acids is 1. The van der Waals surface area contributed by atoms with Crippen molar-refractivity contribution in [2.75, 3.05) is 0 Å². The average molecular weight is 236 g/mol. The van der Waals surface area contributed by atoms with Crippen molar-refractivity contribution < 1.29 is 9.18 Å². The molecule has 0 saturated heterocycles. The zero-order valence-corrected chi connectivity index (χ0v) is 9.42. The molecule has 0 unspecified atom stereocenters. The largest absolute Gasteiger partial charge is 0.271 e. The quantitative estimate of drug-likeness (QED) is 0.585. The number of halogens is 1.